The van der Waals surface area contributed by atoms with Crippen molar-refractivity contribution in [1.29, 1.82) is 0 Å². The molecule has 0 saturated carbocycles. The van der Waals surface area contributed by atoms with Gasteiger partial charge in [0.05, 0.1) is 5.56 Å². The monoisotopic (exact) mass is 741 g/mol. The van der Waals surface area contributed by atoms with Gasteiger partial charge < -0.3 is 8.83 Å². The quantitative estimate of drug-likeness (QED) is 0.176. The van der Waals surface area contributed by atoms with Crippen LogP contribution in [-0.4, -0.2) is 15.0 Å². The van der Waals surface area contributed by atoms with Crippen molar-refractivity contribution < 1.29 is 8.83 Å². The summed E-state index contributed by atoms with van der Waals surface area (Å²) >= 11 is 0. The predicted octanol–water partition coefficient (Wildman–Crippen LogP) is 14.3. The highest BCUT2D eigenvalue weighted by atomic mass is 16.3. The van der Waals surface area contributed by atoms with E-state index in [4.69, 9.17) is 23.8 Å². The van der Waals surface area contributed by atoms with Gasteiger partial charge in [0.1, 0.15) is 22.3 Å². The Labute approximate surface area is 332 Å². The topological polar surface area (TPSA) is 65.0 Å². The molecule has 0 aliphatic carbocycles. The summed E-state index contributed by atoms with van der Waals surface area (Å²) < 4.78 is 13.0. The second kappa shape index (κ2) is 12.8. The fourth-order valence-electron chi connectivity index (χ4n) is 8.68. The minimum atomic E-state index is 0.554. The molecule has 9 aromatic carbocycles. The smallest absolute Gasteiger partial charge is 0.167 e. The minimum absolute atomic E-state index is 0.554. The first-order valence-corrected chi connectivity index (χ1v) is 19.4. The number of hydrogen-bond acceptors (Lipinski definition) is 5. The Hall–Kier alpha value is -7.89. The summed E-state index contributed by atoms with van der Waals surface area (Å²) in [4.78, 5) is 15.4. The van der Waals surface area contributed by atoms with E-state index >= 15 is 0 Å². The Kier molecular flexibility index (Phi) is 7.16. The molecule has 0 aliphatic heterocycles. The predicted molar refractivity (Wildman–Crippen MR) is 237 cm³/mol. The summed E-state index contributed by atoms with van der Waals surface area (Å²) in [7, 11) is 0. The fourth-order valence-corrected chi connectivity index (χ4v) is 8.68. The molecule has 5 heteroatoms. The molecule has 12 rings (SSSR count). The lowest BCUT2D eigenvalue weighted by molar-refractivity contribution is 0.669. The van der Waals surface area contributed by atoms with E-state index in [9.17, 15) is 0 Å². The Morgan fingerprint density at radius 3 is 1.76 bits per heavy atom. The van der Waals surface area contributed by atoms with Crippen LogP contribution in [0.3, 0.4) is 0 Å². The van der Waals surface area contributed by atoms with Gasteiger partial charge in [-0.1, -0.05) is 152 Å². The van der Waals surface area contributed by atoms with Crippen molar-refractivity contribution in [3.05, 3.63) is 188 Å². The van der Waals surface area contributed by atoms with Crippen LogP contribution >= 0.6 is 0 Å². The van der Waals surface area contributed by atoms with Crippen LogP contribution in [0.5, 0.6) is 0 Å². The highest BCUT2D eigenvalue weighted by Crippen LogP contribution is 2.43. The highest BCUT2D eigenvalue weighted by molar-refractivity contribution is 6.17. The molecule has 0 unspecified atom stereocenters. The number of para-hydroxylation sites is 2. The molecule has 270 valence electrons. The molecular formula is C53H31N3O2. The molecule has 0 aliphatic rings. The first-order valence-electron chi connectivity index (χ1n) is 19.4. The molecule has 0 saturated heterocycles. The Bertz CT molecular complexity index is 3580. The Morgan fingerprint density at radius 2 is 0.879 bits per heavy atom. The van der Waals surface area contributed by atoms with Gasteiger partial charge in [0.2, 0.25) is 0 Å². The molecule has 0 amide bonds. The number of furan rings is 2. The molecule has 12 aromatic rings. The standard InChI is InChI=1S/C53H31N3O2/c1-2-14-33(15-3-1)51-54-52(56-53(55-51)44-24-11-23-42-40-20-8-9-25-46(40)58-50(42)44)43-29-28-39(37-18-6-7-19-38(37)43)41-22-12-26-48-49(41)45-31-34(27-30-47(45)57-48)36-21-10-16-32-13-4-5-17-35(32)36/h1-31H. The van der Waals surface area contributed by atoms with Gasteiger partial charge in [-0.15, -0.1) is 0 Å². The zero-order valence-corrected chi connectivity index (χ0v) is 31.1. The van der Waals surface area contributed by atoms with Gasteiger partial charge in [-0.25, -0.2) is 15.0 Å². The third kappa shape index (κ3) is 5.07. The molecule has 58 heavy (non-hydrogen) atoms. The maximum atomic E-state index is 6.52. The van der Waals surface area contributed by atoms with Crippen LogP contribution in [0.4, 0.5) is 0 Å². The van der Waals surface area contributed by atoms with Gasteiger partial charge in [0, 0.05) is 32.7 Å². The maximum Gasteiger partial charge on any atom is 0.167 e. The average molecular weight is 742 g/mol. The summed E-state index contributed by atoms with van der Waals surface area (Å²) in [5, 5.41) is 8.83. The second-order valence-electron chi connectivity index (χ2n) is 14.7. The van der Waals surface area contributed by atoms with Gasteiger partial charge >= 0.3 is 0 Å². The van der Waals surface area contributed by atoms with Crippen molar-refractivity contribution in [2.45, 2.75) is 0 Å². The van der Waals surface area contributed by atoms with Crippen molar-refractivity contribution in [3.63, 3.8) is 0 Å². The van der Waals surface area contributed by atoms with E-state index in [-0.39, 0.29) is 0 Å². The molecule has 0 atom stereocenters. The van der Waals surface area contributed by atoms with Crippen LogP contribution in [0.1, 0.15) is 0 Å². The van der Waals surface area contributed by atoms with E-state index in [0.29, 0.717) is 17.5 Å². The van der Waals surface area contributed by atoms with E-state index < -0.39 is 0 Å². The highest BCUT2D eigenvalue weighted by Gasteiger charge is 2.21. The van der Waals surface area contributed by atoms with Crippen molar-refractivity contribution >= 4 is 65.4 Å². The van der Waals surface area contributed by atoms with Crippen LogP contribution in [-0.2, 0) is 0 Å². The molecular weight excluding hydrogens is 711 g/mol. The lowest BCUT2D eigenvalue weighted by Crippen LogP contribution is -2.01. The van der Waals surface area contributed by atoms with Crippen molar-refractivity contribution in [3.8, 4) is 56.4 Å². The van der Waals surface area contributed by atoms with Crippen molar-refractivity contribution in [2.24, 2.45) is 0 Å². The molecule has 0 bridgehead atoms. The average Bonchev–Trinajstić information content (AvgIpc) is 3.87. The van der Waals surface area contributed by atoms with Crippen molar-refractivity contribution in [1.82, 2.24) is 15.0 Å². The van der Waals surface area contributed by atoms with Gasteiger partial charge in [-0.05, 0) is 80.2 Å². The van der Waals surface area contributed by atoms with E-state index in [0.717, 1.165) is 88.0 Å². The Morgan fingerprint density at radius 1 is 0.293 bits per heavy atom. The minimum Gasteiger partial charge on any atom is -0.456 e. The summed E-state index contributed by atoms with van der Waals surface area (Å²) in [6.07, 6.45) is 0. The zero-order valence-electron chi connectivity index (χ0n) is 31.1. The molecule has 5 nitrogen and oxygen atoms in total. The lowest BCUT2D eigenvalue weighted by atomic mass is 9.91. The van der Waals surface area contributed by atoms with E-state index in [1.54, 1.807) is 0 Å². The summed E-state index contributed by atoms with van der Waals surface area (Å²) in [6.45, 7) is 0. The number of hydrogen-bond donors (Lipinski definition) is 0. The summed E-state index contributed by atoms with van der Waals surface area (Å²) in [5.74, 6) is 1.74. The Balaban J connectivity index is 1.06. The fraction of sp³-hybridized carbons (Fsp3) is 0. The number of fused-ring (bicyclic) bond motifs is 8. The second-order valence-corrected chi connectivity index (χ2v) is 14.7. The first-order chi connectivity index (χ1) is 28.7. The van der Waals surface area contributed by atoms with Crippen molar-refractivity contribution in [2.75, 3.05) is 0 Å². The van der Waals surface area contributed by atoms with Gasteiger partial charge in [0.15, 0.2) is 17.5 Å². The van der Waals surface area contributed by atoms with Crippen LogP contribution in [0.15, 0.2) is 197 Å². The van der Waals surface area contributed by atoms with Crippen LogP contribution in [0.2, 0.25) is 0 Å². The first kappa shape index (κ1) is 32.4. The summed E-state index contributed by atoms with van der Waals surface area (Å²) in [6, 6.07) is 65.2. The normalized spacial score (nSPS) is 11.8. The molecule has 0 spiro atoms. The van der Waals surface area contributed by atoms with Crippen LogP contribution in [0.25, 0.3) is 122 Å². The summed E-state index contributed by atoms with van der Waals surface area (Å²) in [5.41, 5.74) is 10.5. The van der Waals surface area contributed by atoms with E-state index in [1.165, 1.54) is 16.3 Å². The SMILES string of the molecule is c1ccc(-c2nc(-c3ccc(-c4cccc5oc6ccc(-c7cccc8ccccc78)cc6c45)c4ccccc34)nc(-c3cccc4c3oc3ccccc34)n2)cc1. The van der Waals surface area contributed by atoms with Crippen LogP contribution < -0.4 is 0 Å². The number of rotatable bonds is 5. The molecule has 0 N–H and O–H groups in total. The van der Waals surface area contributed by atoms with E-state index in [2.05, 4.69) is 127 Å². The number of nitrogens with zero attached hydrogens (tertiary/aromatic N) is 3. The third-order valence-corrected chi connectivity index (χ3v) is 11.4. The molecule has 0 fully saturated rings. The van der Waals surface area contributed by atoms with Crippen LogP contribution in [0, 0.1) is 0 Å². The molecule has 3 aromatic heterocycles. The van der Waals surface area contributed by atoms with Gasteiger partial charge in [0.25, 0.3) is 0 Å². The van der Waals surface area contributed by atoms with Gasteiger partial charge in [-0.2, -0.15) is 0 Å². The van der Waals surface area contributed by atoms with E-state index in [1.807, 2.05) is 60.7 Å². The molecule has 0 radical (unpaired) electrons. The molecule has 3 heterocycles. The third-order valence-electron chi connectivity index (χ3n) is 11.4. The maximum absolute atomic E-state index is 6.52. The number of benzene rings is 9. The zero-order chi connectivity index (χ0) is 38.2. The number of aromatic nitrogens is 3. The lowest BCUT2D eigenvalue weighted by Gasteiger charge is -2.14. The largest absolute Gasteiger partial charge is 0.456 e. The van der Waals surface area contributed by atoms with Gasteiger partial charge in [-0.3, -0.25) is 0 Å².